The van der Waals surface area contributed by atoms with Gasteiger partial charge in [0.2, 0.25) is 0 Å². The summed E-state index contributed by atoms with van der Waals surface area (Å²) in [5, 5.41) is 8.99. The summed E-state index contributed by atoms with van der Waals surface area (Å²) in [5.41, 5.74) is 12.0. The number of carbonyl (C=O) groups is 1. The maximum atomic E-state index is 10.9. The number of methoxy groups -OCH3 is 1. The van der Waals surface area contributed by atoms with Gasteiger partial charge >= 0.3 is 5.97 Å². The van der Waals surface area contributed by atoms with Crippen LogP contribution in [0.2, 0.25) is 0 Å². The summed E-state index contributed by atoms with van der Waals surface area (Å²) in [4.78, 5) is 10.9. The molecule has 1 aliphatic rings. The first-order valence-electron chi connectivity index (χ1n) is 7.13. The Morgan fingerprint density at radius 2 is 1.80 bits per heavy atom. The monoisotopic (exact) mass is 277 g/mol. The molecule has 0 fully saturated rings. The number of ether oxygens (including phenoxy) is 1. The molecule has 1 unspecified atom stereocenters. The molecular weight excluding hydrogens is 254 g/mol. The summed E-state index contributed by atoms with van der Waals surface area (Å²) in [7, 11) is 1.63. The van der Waals surface area contributed by atoms with Crippen molar-refractivity contribution in [2.75, 3.05) is 7.11 Å². The van der Waals surface area contributed by atoms with Gasteiger partial charge in [0.1, 0.15) is 5.75 Å². The largest absolute Gasteiger partial charge is 0.496 e. The maximum Gasteiger partial charge on any atom is 0.305 e. The molecule has 0 saturated carbocycles. The first-order chi connectivity index (χ1) is 9.47. The molecule has 0 heterocycles. The van der Waals surface area contributed by atoms with Gasteiger partial charge in [-0.2, -0.15) is 0 Å². The van der Waals surface area contributed by atoms with Crippen LogP contribution in [0.1, 0.15) is 53.1 Å². The zero-order chi connectivity index (χ0) is 14.9. The van der Waals surface area contributed by atoms with Crippen molar-refractivity contribution in [2.24, 2.45) is 5.73 Å². The van der Waals surface area contributed by atoms with Gasteiger partial charge in [-0.05, 0) is 61.8 Å². The Morgan fingerprint density at radius 3 is 2.30 bits per heavy atom. The summed E-state index contributed by atoms with van der Waals surface area (Å²) in [6.45, 7) is 4.10. The van der Waals surface area contributed by atoms with E-state index in [0.29, 0.717) is 0 Å². The Kier molecular flexibility index (Phi) is 4.33. The third-order valence-corrected chi connectivity index (χ3v) is 4.33. The van der Waals surface area contributed by atoms with E-state index in [0.717, 1.165) is 35.3 Å². The van der Waals surface area contributed by atoms with E-state index in [1.165, 1.54) is 24.0 Å². The fourth-order valence-electron chi connectivity index (χ4n) is 3.40. The van der Waals surface area contributed by atoms with Crippen LogP contribution in [0.25, 0.3) is 0 Å². The maximum absolute atomic E-state index is 10.9. The first-order valence-corrected chi connectivity index (χ1v) is 7.13. The molecule has 0 aromatic heterocycles. The van der Waals surface area contributed by atoms with Crippen molar-refractivity contribution in [3.63, 3.8) is 0 Å². The van der Waals surface area contributed by atoms with Gasteiger partial charge in [-0.3, -0.25) is 4.79 Å². The van der Waals surface area contributed by atoms with Crippen LogP contribution < -0.4 is 10.5 Å². The molecule has 0 amide bonds. The Hall–Kier alpha value is -1.55. The van der Waals surface area contributed by atoms with E-state index < -0.39 is 12.0 Å². The van der Waals surface area contributed by atoms with Gasteiger partial charge in [-0.15, -0.1) is 0 Å². The highest BCUT2D eigenvalue weighted by molar-refractivity contribution is 5.69. The minimum absolute atomic E-state index is 0.0740. The molecule has 0 saturated heterocycles. The summed E-state index contributed by atoms with van der Waals surface area (Å²) >= 11 is 0. The van der Waals surface area contributed by atoms with Crippen LogP contribution in [0.15, 0.2) is 0 Å². The molecule has 3 N–H and O–H groups in total. The SMILES string of the molecule is COc1c(C)c2c(c(C)c1C(N)CC(=O)O)CCCC2. The van der Waals surface area contributed by atoms with Gasteiger partial charge in [-0.1, -0.05) is 0 Å². The van der Waals surface area contributed by atoms with Crippen LogP contribution >= 0.6 is 0 Å². The fourth-order valence-corrected chi connectivity index (χ4v) is 3.40. The molecule has 4 heteroatoms. The lowest BCUT2D eigenvalue weighted by Crippen LogP contribution is -2.20. The summed E-state index contributed by atoms with van der Waals surface area (Å²) < 4.78 is 5.55. The van der Waals surface area contributed by atoms with Gasteiger partial charge in [0.15, 0.2) is 0 Å². The number of hydrogen-bond acceptors (Lipinski definition) is 3. The van der Waals surface area contributed by atoms with Crippen molar-refractivity contribution >= 4 is 5.97 Å². The molecule has 110 valence electrons. The molecule has 0 aliphatic heterocycles. The lowest BCUT2D eigenvalue weighted by molar-refractivity contribution is -0.137. The van der Waals surface area contributed by atoms with Gasteiger partial charge in [0, 0.05) is 11.6 Å². The Balaban J connectivity index is 2.60. The fraction of sp³-hybridized carbons (Fsp3) is 0.562. The van der Waals surface area contributed by atoms with Crippen LogP contribution in [0, 0.1) is 13.8 Å². The highest BCUT2D eigenvalue weighted by Crippen LogP contribution is 2.40. The summed E-state index contributed by atoms with van der Waals surface area (Å²) in [6, 6.07) is -0.520. The van der Waals surface area contributed by atoms with Gasteiger partial charge in [0.25, 0.3) is 0 Å². The predicted molar refractivity (Wildman–Crippen MR) is 78.3 cm³/mol. The average Bonchev–Trinajstić information content (AvgIpc) is 2.41. The average molecular weight is 277 g/mol. The summed E-state index contributed by atoms with van der Waals surface area (Å²) in [6.07, 6.45) is 4.45. The smallest absolute Gasteiger partial charge is 0.305 e. The Bertz CT molecular complexity index is 537. The van der Waals surface area contributed by atoms with Crippen molar-refractivity contribution < 1.29 is 14.6 Å². The van der Waals surface area contributed by atoms with Crippen LogP contribution in [0.4, 0.5) is 0 Å². The standard InChI is InChI=1S/C16H23NO3/c1-9-11-6-4-5-7-12(11)10(2)16(20-3)15(9)13(17)8-14(18)19/h13H,4-8,17H2,1-3H3,(H,18,19). The Labute approximate surface area is 119 Å². The predicted octanol–water partition coefficient (Wildman–Crippen LogP) is 2.67. The minimum atomic E-state index is -0.880. The number of benzene rings is 1. The Morgan fingerprint density at radius 1 is 1.25 bits per heavy atom. The number of aliphatic carboxylic acids is 1. The third-order valence-electron chi connectivity index (χ3n) is 4.33. The number of nitrogens with two attached hydrogens (primary N) is 1. The van der Waals surface area contributed by atoms with Gasteiger partial charge in [0.05, 0.1) is 13.5 Å². The zero-order valence-corrected chi connectivity index (χ0v) is 12.5. The van der Waals surface area contributed by atoms with Crippen molar-refractivity contribution in [1.29, 1.82) is 0 Å². The molecule has 1 aliphatic carbocycles. The highest BCUT2D eigenvalue weighted by Gasteiger charge is 2.26. The molecule has 2 rings (SSSR count). The lowest BCUT2D eigenvalue weighted by Gasteiger charge is -2.27. The molecule has 0 radical (unpaired) electrons. The van der Waals surface area contributed by atoms with Gasteiger partial charge in [-0.25, -0.2) is 0 Å². The number of rotatable bonds is 4. The molecule has 1 aromatic carbocycles. The second-order valence-corrected chi connectivity index (χ2v) is 5.57. The number of hydrogen-bond donors (Lipinski definition) is 2. The van der Waals surface area contributed by atoms with E-state index in [9.17, 15) is 4.79 Å². The van der Waals surface area contributed by atoms with E-state index >= 15 is 0 Å². The van der Waals surface area contributed by atoms with Crippen molar-refractivity contribution in [2.45, 2.75) is 52.0 Å². The molecule has 1 atom stereocenters. The quantitative estimate of drug-likeness (QED) is 0.887. The van der Waals surface area contributed by atoms with Crippen LogP contribution in [-0.2, 0) is 17.6 Å². The molecule has 0 bridgehead atoms. The van der Waals surface area contributed by atoms with E-state index in [1.54, 1.807) is 7.11 Å². The molecule has 20 heavy (non-hydrogen) atoms. The van der Waals surface area contributed by atoms with Crippen molar-refractivity contribution in [3.05, 3.63) is 27.8 Å². The molecule has 1 aromatic rings. The topological polar surface area (TPSA) is 72.5 Å². The minimum Gasteiger partial charge on any atom is -0.496 e. The van der Waals surface area contributed by atoms with Crippen LogP contribution in [-0.4, -0.2) is 18.2 Å². The second-order valence-electron chi connectivity index (χ2n) is 5.57. The zero-order valence-electron chi connectivity index (χ0n) is 12.5. The first kappa shape index (κ1) is 14.9. The number of carboxylic acid groups (broad SMARTS) is 1. The van der Waals surface area contributed by atoms with E-state index in [4.69, 9.17) is 15.6 Å². The van der Waals surface area contributed by atoms with Crippen LogP contribution in [0.5, 0.6) is 5.75 Å². The van der Waals surface area contributed by atoms with Crippen molar-refractivity contribution in [3.8, 4) is 5.75 Å². The normalized spacial score (nSPS) is 15.6. The highest BCUT2D eigenvalue weighted by atomic mass is 16.5. The number of fused-ring (bicyclic) bond motifs is 1. The molecule has 4 nitrogen and oxygen atoms in total. The van der Waals surface area contributed by atoms with E-state index in [-0.39, 0.29) is 6.42 Å². The van der Waals surface area contributed by atoms with E-state index in [2.05, 4.69) is 6.92 Å². The lowest BCUT2D eigenvalue weighted by atomic mass is 9.81. The van der Waals surface area contributed by atoms with E-state index in [1.807, 2.05) is 6.92 Å². The molecule has 0 spiro atoms. The van der Waals surface area contributed by atoms with Gasteiger partial charge < -0.3 is 15.6 Å². The second kappa shape index (κ2) is 5.83. The summed E-state index contributed by atoms with van der Waals surface area (Å²) in [5.74, 6) is -0.105. The third kappa shape index (κ3) is 2.52. The number of carboxylic acids is 1. The van der Waals surface area contributed by atoms with Crippen LogP contribution in [0.3, 0.4) is 0 Å². The molecular formula is C16H23NO3. The van der Waals surface area contributed by atoms with Crippen molar-refractivity contribution in [1.82, 2.24) is 0 Å².